The first-order chi connectivity index (χ1) is 18.6. The van der Waals surface area contributed by atoms with Gasteiger partial charge in [-0.2, -0.15) is 0 Å². The van der Waals surface area contributed by atoms with Crippen LogP contribution in [0.5, 0.6) is 0 Å². The Hall–Kier alpha value is -3.01. The van der Waals surface area contributed by atoms with Crippen molar-refractivity contribution >= 4 is 17.3 Å². The van der Waals surface area contributed by atoms with Crippen LogP contribution in [0.1, 0.15) is 85.3 Å². The molecule has 0 bridgehead atoms. The summed E-state index contributed by atoms with van der Waals surface area (Å²) in [6.45, 7) is 18.0. The van der Waals surface area contributed by atoms with E-state index in [9.17, 15) is 4.79 Å². The lowest BCUT2D eigenvalue weighted by atomic mass is 9.80. The molecule has 2 aliphatic rings. The molecule has 210 valence electrons. The number of allylic oxidation sites excluding steroid dienone is 3. The van der Waals surface area contributed by atoms with Crippen molar-refractivity contribution in [2.75, 3.05) is 29.5 Å². The van der Waals surface area contributed by atoms with Gasteiger partial charge in [0.1, 0.15) is 0 Å². The smallest absolute Gasteiger partial charge is 0.308 e. The van der Waals surface area contributed by atoms with Crippen molar-refractivity contribution in [3.8, 4) is 0 Å². The Labute approximate surface area is 236 Å². The van der Waals surface area contributed by atoms with Crippen molar-refractivity contribution in [2.24, 2.45) is 5.92 Å². The lowest BCUT2D eigenvalue weighted by Crippen LogP contribution is -2.40. The largest absolute Gasteiger partial charge is 0.465 e. The minimum atomic E-state index is -0.0875. The van der Waals surface area contributed by atoms with Gasteiger partial charge in [0.2, 0.25) is 0 Å². The summed E-state index contributed by atoms with van der Waals surface area (Å²) in [6, 6.07) is 17.9. The monoisotopic (exact) mass is 528 g/mol. The number of nitrogens with zero attached hydrogens (tertiary/aromatic N) is 2. The van der Waals surface area contributed by atoms with Crippen LogP contribution in [0.25, 0.3) is 0 Å². The SMILES string of the molecule is CCCCN1C(=CC=CC2N(CCCOC(=O)C(C)CC)c3ccccc3C2(C)C)C(C)(C)c2ccccc21. The van der Waals surface area contributed by atoms with Gasteiger partial charge in [0.05, 0.1) is 18.6 Å². The normalized spacial score (nSPS) is 20.9. The zero-order valence-corrected chi connectivity index (χ0v) is 25.2. The van der Waals surface area contributed by atoms with Crippen LogP contribution in [0.3, 0.4) is 0 Å². The van der Waals surface area contributed by atoms with Crippen LogP contribution in [0.15, 0.2) is 72.5 Å². The number of unbranched alkanes of at least 4 members (excludes halogenated alkanes) is 1. The summed E-state index contributed by atoms with van der Waals surface area (Å²) in [5, 5.41) is 0. The molecule has 0 aromatic heterocycles. The zero-order valence-electron chi connectivity index (χ0n) is 25.2. The summed E-state index contributed by atoms with van der Waals surface area (Å²) >= 11 is 0. The summed E-state index contributed by atoms with van der Waals surface area (Å²) in [6.07, 6.45) is 11.0. The average molecular weight is 529 g/mol. The molecule has 2 aromatic carbocycles. The van der Waals surface area contributed by atoms with Gasteiger partial charge in [0.15, 0.2) is 0 Å². The highest BCUT2D eigenvalue weighted by Crippen LogP contribution is 2.48. The third-order valence-corrected chi connectivity index (χ3v) is 8.87. The van der Waals surface area contributed by atoms with Crippen LogP contribution in [-0.4, -0.2) is 31.7 Å². The molecule has 4 heteroatoms. The van der Waals surface area contributed by atoms with Gasteiger partial charge < -0.3 is 14.5 Å². The van der Waals surface area contributed by atoms with Crippen LogP contribution in [0, 0.1) is 5.92 Å². The molecule has 0 aliphatic carbocycles. The van der Waals surface area contributed by atoms with E-state index in [0.29, 0.717) is 6.61 Å². The van der Waals surface area contributed by atoms with E-state index in [0.717, 1.165) is 25.9 Å². The lowest BCUT2D eigenvalue weighted by molar-refractivity contribution is -0.148. The highest BCUT2D eigenvalue weighted by Gasteiger charge is 2.43. The molecule has 0 saturated carbocycles. The second-order valence-corrected chi connectivity index (χ2v) is 12.3. The molecule has 0 spiro atoms. The first kappa shape index (κ1) is 29.0. The molecule has 0 N–H and O–H groups in total. The van der Waals surface area contributed by atoms with Gasteiger partial charge in [0.25, 0.3) is 0 Å². The molecule has 39 heavy (non-hydrogen) atoms. The summed E-state index contributed by atoms with van der Waals surface area (Å²) in [7, 11) is 0. The number of benzene rings is 2. The highest BCUT2D eigenvalue weighted by molar-refractivity contribution is 5.72. The van der Waals surface area contributed by atoms with Crippen molar-refractivity contribution in [1.82, 2.24) is 0 Å². The van der Waals surface area contributed by atoms with Gasteiger partial charge in [0, 0.05) is 41.0 Å². The standard InChI is InChI=1S/C35H48N2O2/c1-8-10-23-36-29-19-13-11-17-27(29)34(4,5)31(36)21-15-22-32-35(6,7)28-18-12-14-20-30(28)37(32)24-16-25-39-33(38)26(3)9-2/h11-15,17-22,26,32H,8-10,16,23-25H2,1-7H3. The summed E-state index contributed by atoms with van der Waals surface area (Å²) in [5.41, 5.74) is 6.71. The van der Waals surface area contributed by atoms with Crippen molar-refractivity contribution in [3.63, 3.8) is 0 Å². The highest BCUT2D eigenvalue weighted by atomic mass is 16.5. The Morgan fingerprint density at radius 2 is 1.62 bits per heavy atom. The third kappa shape index (κ3) is 5.66. The number of carbonyl (C=O) groups excluding carboxylic acids is 1. The summed E-state index contributed by atoms with van der Waals surface area (Å²) < 4.78 is 5.58. The summed E-state index contributed by atoms with van der Waals surface area (Å²) in [4.78, 5) is 17.2. The Kier molecular flexibility index (Phi) is 8.93. The molecule has 0 radical (unpaired) electrons. The molecule has 0 fully saturated rings. The predicted molar refractivity (Wildman–Crippen MR) is 165 cm³/mol. The maximum Gasteiger partial charge on any atom is 0.308 e. The number of carbonyl (C=O) groups is 1. The van der Waals surface area contributed by atoms with Crippen LogP contribution in [0.2, 0.25) is 0 Å². The van der Waals surface area contributed by atoms with Crippen LogP contribution in [0.4, 0.5) is 11.4 Å². The number of fused-ring (bicyclic) bond motifs is 2. The number of hydrogen-bond donors (Lipinski definition) is 0. The van der Waals surface area contributed by atoms with E-state index in [1.54, 1.807) is 0 Å². The number of esters is 1. The van der Waals surface area contributed by atoms with Crippen molar-refractivity contribution in [1.29, 1.82) is 0 Å². The van der Waals surface area contributed by atoms with E-state index in [4.69, 9.17) is 4.74 Å². The van der Waals surface area contributed by atoms with Gasteiger partial charge in [-0.25, -0.2) is 0 Å². The van der Waals surface area contributed by atoms with E-state index in [2.05, 4.69) is 111 Å². The molecular formula is C35H48N2O2. The molecule has 2 aromatic rings. The van der Waals surface area contributed by atoms with Crippen molar-refractivity contribution in [3.05, 3.63) is 83.6 Å². The molecule has 2 atom stereocenters. The molecule has 2 unspecified atom stereocenters. The second kappa shape index (κ2) is 12.0. The maximum absolute atomic E-state index is 12.2. The van der Waals surface area contributed by atoms with Gasteiger partial charge in [-0.15, -0.1) is 0 Å². The van der Waals surface area contributed by atoms with Crippen LogP contribution < -0.4 is 9.80 Å². The van der Waals surface area contributed by atoms with Gasteiger partial charge >= 0.3 is 5.97 Å². The van der Waals surface area contributed by atoms with Crippen LogP contribution >= 0.6 is 0 Å². The van der Waals surface area contributed by atoms with Gasteiger partial charge in [-0.3, -0.25) is 4.79 Å². The number of rotatable bonds is 11. The first-order valence-corrected chi connectivity index (χ1v) is 14.9. The molecular weight excluding hydrogens is 480 g/mol. The second-order valence-electron chi connectivity index (χ2n) is 12.3. The maximum atomic E-state index is 12.2. The number of para-hydroxylation sites is 2. The fourth-order valence-corrected chi connectivity index (χ4v) is 6.24. The Balaban J connectivity index is 1.58. The fraction of sp³-hybridized carbons (Fsp3) is 0.514. The Morgan fingerprint density at radius 1 is 0.949 bits per heavy atom. The van der Waals surface area contributed by atoms with E-state index in [1.165, 1.54) is 41.0 Å². The molecule has 4 nitrogen and oxygen atoms in total. The minimum absolute atomic E-state index is 0.0327. The molecule has 0 amide bonds. The average Bonchev–Trinajstić information content (AvgIpc) is 3.28. The van der Waals surface area contributed by atoms with E-state index < -0.39 is 0 Å². The van der Waals surface area contributed by atoms with Crippen molar-refractivity contribution < 1.29 is 9.53 Å². The van der Waals surface area contributed by atoms with E-state index >= 15 is 0 Å². The zero-order chi connectivity index (χ0) is 28.2. The molecule has 2 heterocycles. The third-order valence-electron chi connectivity index (χ3n) is 8.87. The summed E-state index contributed by atoms with van der Waals surface area (Å²) in [5.74, 6) is -0.126. The van der Waals surface area contributed by atoms with Crippen molar-refractivity contribution in [2.45, 2.75) is 91.0 Å². The lowest BCUT2D eigenvalue weighted by Gasteiger charge is -2.32. The van der Waals surface area contributed by atoms with Crippen LogP contribution in [-0.2, 0) is 20.4 Å². The number of hydrogen-bond acceptors (Lipinski definition) is 4. The molecule has 4 rings (SSSR count). The van der Waals surface area contributed by atoms with Gasteiger partial charge in [-0.05, 0) is 48.6 Å². The molecule has 2 aliphatic heterocycles. The minimum Gasteiger partial charge on any atom is -0.465 e. The van der Waals surface area contributed by atoms with E-state index in [-0.39, 0.29) is 28.8 Å². The predicted octanol–water partition coefficient (Wildman–Crippen LogP) is 8.17. The molecule has 0 saturated heterocycles. The fourth-order valence-electron chi connectivity index (χ4n) is 6.24. The Morgan fingerprint density at radius 3 is 2.31 bits per heavy atom. The number of anilines is 2. The Bertz CT molecular complexity index is 1210. The topological polar surface area (TPSA) is 32.8 Å². The quantitative estimate of drug-likeness (QED) is 0.217. The van der Waals surface area contributed by atoms with E-state index in [1.807, 2.05) is 13.8 Å². The van der Waals surface area contributed by atoms with Gasteiger partial charge in [-0.1, -0.05) is 103 Å². The first-order valence-electron chi connectivity index (χ1n) is 14.9. The number of ether oxygens (including phenoxy) is 1.